The summed E-state index contributed by atoms with van der Waals surface area (Å²) in [6, 6.07) is 24.4. The van der Waals surface area contributed by atoms with Gasteiger partial charge in [-0.1, -0.05) is 60.7 Å². The van der Waals surface area contributed by atoms with E-state index in [9.17, 15) is 5.11 Å². The Kier molecular flexibility index (Phi) is 6.80. The first kappa shape index (κ1) is 22.2. The molecular formula is C27H31N3O3. The second-order valence-electron chi connectivity index (χ2n) is 8.88. The van der Waals surface area contributed by atoms with Crippen LogP contribution in [0.2, 0.25) is 0 Å². The maximum absolute atomic E-state index is 11.3. The van der Waals surface area contributed by atoms with Crippen molar-refractivity contribution < 1.29 is 14.6 Å². The van der Waals surface area contributed by atoms with E-state index in [0.717, 1.165) is 18.7 Å². The Hall–Kier alpha value is -2.61. The molecule has 1 aromatic heterocycles. The predicted molar refractivity (Wildman–Crippen MR) is 127 cm³/mol. The van der Waals surface area contributed by atoms with Crippen LogP contribution in [0, 0.1) is 0 Å². The number of ether oxygens (including phenoxy) is 2. The van der Waals surface area contributed by atoms with Crippen molar-refractivity contribution in [3.63, 3.8) is 0 Å². The zero-order valence-electron chi connectivity index (χ0n) is 18.9. The molecule has 2 saturated heterocycles. The van der Waals surface area contributed by atoms with E-state index in [4.69, 9.17) is 9.47 Å². The standard InChI is InChI=1S/C27H31N3O3/c1-30(16-14-22-9-5-6-15-28-22)25-26(31)24(23-18-32-27(25)33-23)29-17-19-10-12-21(13-11-19)20-7-3-2-4-8-20/h2-13,15,23-27,29,31H,14,16-18H2,1H3/t23-,24+,25-,26-,27+/m0/s1. The number of aliphatic hydroxyl groups is 1. The molecule has 0 radical (unpaired) electrons. The monoisotopic (exact) mass is 445 g/mol. The van der Waals surface area contributed by atoms with Crippen LogP contribution in [-0.2, 0) is 22.4 Å². The van der Waals surface area contributed by atoms with Crippen LogP contribution in [0.5, 0.6) is 0 Å². The molecule has 0 spiro atoms. The molecule has 33 heavy (non-hydrogen) atoms. The number of nitrogens with one attached hydrogen (secondary N) is 1. The molecule has 3 heterocycles. The Balaban J connectivity index is 1.21. The predicted octanol–water partition coefficient (Wildman–Crippen LogP) is 2.87. The minimum absolute atomic E-state index is 0.144. The smallest absolute Gasteiger partial charge is 0.176 e. The highest BCUT2D eigenvalue weighted by Crippen LogP contribution is 2.31. The summed E-state index contributed by atoms with van der Waals surface area (Å²) >= 11 is 0. The summed E-state index contributed by atoms with van der Waals surface area (Å²) in [6.07, 6.45) is 1.48. The molecule has 2 bridgehead atoms. The third-order valence-electron chi connectivity index (χ3n) is 6.69. The van der Waals surface area contributed by atoms with Gasteiger partial charge in [-0.25, -0.2) is 0 Å². The van der Waals surface area contributed by atoms with Gasteiger partial charge in [-0.3, -0.25) is 9.88 Å². The highest BCUT2D eigenvalue weighted by Gasteiger charge is 2.51. The lowest BCUT2D eigenvalue weighted by molar-refractivity contribution is -0.178. The van der Waals surface area contributed by atoms with Gasteiger partial charge in [0.25, 0.3) is 0 Å². The van der Waals surface area contributed by atoms with Crippen molar-refractivity contribution in [1.82, 2.24) is 15.2 Å². The van der Waals surface area contributed by atoms with Crippen LogP contribution in [0.3, 0.4) is 0 Å². The van der Waals surface area contributed by atoms with E-state index in [-0.39, 0.29) is 18.2 Å². The van der Waals surface area contributed by atoms with E-state index in [2.05, 4.69) is 63.7 Å². The molecule has 6 heteroatoms. The molecule has 6 nitrogen and oxygen atoms in total. The largest absolute Gasteiger partial charge is 0.390 e. The van der Waals surface area contributed by atoms with Gasteiger partial charge in [-0.15, -0.1) is 0 Å². The molecule has 2 fully saturated rings. The van der Waals surface area contributed by atoms with Crippen LogP contribution in [0.4, 0.5) is 0 Å². The maximum atomic E-state index is 11.3. The number of benzene rings is 2. The third kappa shape index (κ3) is 5.00. The van der Waals surface area contributed by atoms with Crippen molar-refractivity contribution in [2.24, 2.45) is 0 Å². The first-order valence-corrected chi connectivity index (χ1v) is 11.6. The molecule has 172 valence electrons. The van der Waals surface area contributed by atoms with E-state index in [1.807, 2.05) is 37.5 Å². The average molecular weight is 446 g/mol. The number of fused-ring (bicyclic) bond motifs is 2. The van der Waals surface area contributed by atoms with E-state index < -0.39 is 12.4 Å². The molecule has 0 unspecified atom stereocenters. The van der Waals surface area contributed by atoms with Gasteiger partial charge < -0.3 is 19.9 Å². The van der Waals surface area contributed by atoms with Gasteiger partial charge in [0.1, 0.15) is 6.10 Å². The molecule has 2 aliphatic heterocycles. The topological polar surface area (TPSA) is 66.9 Å². The number of nitrogens with zero attached hydrogens (tertiary/aromatic N) is 2. The molecule has 0 saturated carbocycles. The minimum Gasteiger partial charge on any atom is -0.390 e. The zero-order valence-corrected chi connectivity index (χ0v) is 18.9. The lowest BCUT2D eigenvalue weighted by Gasteiger charge is -2.42. The molecule has 5 atom stereocenters. The number of aliphatic hydroxyl groups excluding tert-OH is 1. The zero-order chi connectivity index (χ0) is 22.6. The number of pyridine rings is 1. The Bertz CT molecular complexity index is 1020. The van der Waals surface area contributed by atoms with Crippen LogP contribution in [0.15, 0.2) is 79.0 Å². The van der Waals surface area contributed by atoms with Crippen molar-refractivity contribution >= 4 is 0 Å². The molecule has 0 aliphatic carbocycles. The summed E-state index contributed by atoms with van der Waals surface area (Å²) in [5.74, 6) is 0. The normalized spacial score (nSPS) is 26.6. The van der Waals surface area contributed by atoms with Gasteiger partial charge in [0.2, 0.25) is 0 Å². The van der Waals surface area contributed by atoms with E-state index in [0.29, 0.717) is 13.2 Å². The van der Waals surface area contributed by atoms with Crippen molar-refractivity contribution in [3.8, 4) is 11.1 Å². The van der Waals surface area contributed by atoms with E-state index in [1.165, 1.54) is 16.7 Å². The van der Waals surface area contributed by atoms with Gasteiger partial charge in [-0.2, -0.15) is 0 Å². The quantitative estimate of drug-likeness (QED) is 0.556. The van der Waals surface area contributed by atoms with Gasteiger partial charge in [-0.05, 0) is 35.9 Å². The molecule has 0 amide bonds. The van der Waals surface area contributed by atoms with E-state index in [1.54, 1.807) is 0 Å². The summed E-state index contributed by atoms with van der Waals surface area (Å²) in [5, 5.41) is 14.8. The number of rotatable bonds is 8. The molecule has 2 aromatic carbocycles. The van der Waals surface area contributed by atoms with Crippen molar-refractivity contribution in [1.29, 1.82) is 0 Å². The van der Waals surface area contributed by atoms with Crippen LogP contribution in [-0.4, -0.2) is 65.8 Å². The highest BCUT2D eigenvalue weighted by molar-refractivity contribution is 5.63. The maximum Gasteiger partial charge on any atom is 0.176 e. The Labute approximate surface area is 195 Å². The SMILES string of the molecule is CN(CCc1ccccn1)[C@@H]1[C@@H]2OC[C@H](O2)[C@@H](NCc2ccc(-c3ccccc3)cc2)[C@@H]1O. The third-order valence-corrected chi connectivity index (χ3v) is 6.69. The van der Waals surface area contributed by atoms with Gasteiger partial charge >= 0.3 is 0 Å². The Morgan fingerprint density at radius 3 is 2.52 bits per heavy atom. The molecule has 2 N–H and O–H groups in total. The van der Waals surface area contributed by atoms with Crippen molar-refractivity contribution in [2.45, 2.75) is 43.5 Å². The van der Waals surface area contributed by atoms with Crippen LogP contribution in [0.1, 0.15) is 11.3 Å². The first-order chi connectivity index (χ1) is 16.2. The summed E-state index contributed by atoms with van der Waals surface area (Å²) in [4.78, 5) is 6.54. The van der Waals surface area contributed by atoms with Crippen LogP contribution >= 0.6 is 0 Å². The van der Waals surface area contributed by atoms with Crippen LogP contribution in [0.25, 0.3) is 11.1 Å². The first-order valence-electron chi connectivity index (χ1n) is 11.6. The van der Waals surface area contributed by atoms with Gasteiger partial charge in [0.15, 0.2) is 6.29 Å². The number of likely N-dealkylation sites (N-methyl/N-ethyl adjacent to an activating group) is 1. The number of aromatic nitrogens is 1. The fourth-order valence-corrected chi connectivity index (χ4v) is 4.79. The highest BCUT2D eigenvalue weighted by atomic mass is 16.7. The van der Waals surface area contributed by atoms with Crippen molar-refractivity contribution in [3.05, 3.63) is 90.3 Å². The van der Waals surface area contributed by atoms with Crippen LogP contribution < -0.4 is 5.32 Å². The second-order valence-corrected chi connectivity index (χ2v) is 8.88. The fraction of sp³-hybridized carbons (Fsp3) is 0.370. The summed E-state index contributed by atoms with van der Waals surface area (Å²) in [6.45, 7) is 1.92. The van der Waals surface area contributed by atoms with Crippen molar-refractivity contribution in [2.75, 3.05) is 20.2 Å². The number of hydrogen-bond donors (Lipinski definition) is 2. The molecule has 3 aromatic rings. The molecule has 5 rings (SSSR count). The lowest BCUT2D eigenvalue weighted by Crippen LogP contribution is -2.63. The molecule has 2 aliphatic rings. The average Bonchev–Trinajstić information content (AvgIpc) is 3.29. The fourth-order valence-electron chi connectivity index (χ4n) is 4.79. The summed E-state index contributed by atoms with van der Waals surface area (Å²) < 4.78 is 12.0. The Morgan fingerprint density at radius 1 is 1.00 bits per heavy atom. The summed E-state index contributed by atoms with van der Waals surface area (Å²) in [5.41, 5.74) is 4.61. The van der Waals surface area contributed by atoms with Gasteiger partial charge in [0, 0.05) is 31.4 Å². The van der Waals surface area contributed by atoms with E-state index >= 15 is 0 Å². The summed E-state index contributed by atoms with van der Waals surface area (Å²) in [7, 11) is 2.02. The minimum atomic E-state index is -0.589. The molecular weight excluding hydrogens is 414 g/mol. The Morgan fingerprint density at radius 2 is 1.76 bits per heavy atom. The van der Waals surface area contributed by atoms with Gasteiger partial charge in [0.05, 0.1) is 24.8 Å². The number of hydrogen-bond acceptors (Lipinski definition) is 6. The lowest BCUT2D eigenvalue weighted by atomic mass is 9.94. The second kappa shape index (κ2) is 10.1.